The summed E-state index contributed by atoms with van der Waals surface area (Å²) in [6.07, 6.45) is 2.09. The van der Waals surface area contributed by atoms with Crippen molar-refractivity contribution in [3.8, 4) is 0 Å². The standard InChI is InChI=1S/C15H21BrN2O/c1-3-12(2)17-6-8-18(9-7-17)15-5-4-13(11-19)10-14(15)16/h4-5,10-12H,3,6-9H2,1-2H3. The zero-order valence-corrected chi connectivity index (χ0v) is 13.2. The van der Waals surface area contributed by atoms with Gasteiger partial charge in [0.05, 0.1) is 5.69 Å². The smallest absolute Gasteiger partial charge is 0.150 e. The lowest BCUT2D eigenvalue weighted by Crippen LogP contribution is -2.49. The van der Waals surface area contributed by atoms with Gasteiger partial charge in [-0.2, -0.15) is 0 Å². The normalized spacial score (nSPS) is 18.4. The molecule has 0 saturated carbocycles. The molecule has 0 bridgehead atoms. The highest BCUT2D eigenvalue weighted by atomic mass is 79.9. The minimum absolute atomic E-state index is 0.669. The first-order valence-electron chi connectivity index (χ1n) is 6.89. The van der Waals surface area contributed by atoms with Crippen molar-refractivity contribution >= 4 is 27.9 Å². The number of carbonyl (C=O) groups excluding carboxylic acids is 1. The molecule has 1 aromatic rings. The van der Waals surface area contributed by atoms with Gasteiger partial charge in [-0.15, -0.1) is 0 Å². The summed E-state index contributed by atoms with van der Waals surface area (Å²) in [5, 5.41) is 0. The first kappa shape index (κ1) is 14.5. The molecule has 2 rings (SSSR count). The number of hydrogen-bond donors (Lipinski definition) is 0. The van der Waals surface area contributed by atoms with Crippen molar-refractivity contribution in [2.24, 2.45) is 0 Å². The first-order valence-corrected chi connectivity index (χ1v) is 7.68. The Morgan fingerprint density at radius 2 is 2.00 bits per heavy atom. The van der Waals surface area contributed by atoms with Gasteiger partial charge in [-0.05, 0) is 47.5 Å². The molecule has 0 aliphatic carbocycles. The van der Waals surface area contributed by atoms with E-state index in [2.05, 4.69) is 39.6 Å². The van der Waals surface area contributed by atoms with Crippen molar-refractivity contribution in [3.63, 3.8) is 0 Å². The third-order valence-electron chi connectivity index (χ3n) is 3.98. The fourth-order valence-corrected chi connectivity index (χ4v) is 3.16. The van der Waals surface area contributed by atoms with E-state index in [4.69, 9.17) is 0 Å². The Morgan fingerprint density at radius 3 is 2.53 bits per heavy atom. The van der Waals surface area contributed by atoms with Crippen molar-refractivity contribution < 1.29 is 4.79 Å². The third-order valence-corrected chi connectivity index (χ3v) is 4.61. The molecule has 19 heavy (non-hydrogen) atoms. The Labute approximate surface area is 123 Å². The number of rotatable bonds is 4. The maximum atomic E-state index is 10.8. The lowest BCUT2D eigenvalue weighted by Gasteiger charge is -2.39. The van der Waals surface area contributed by atoms with E-state index < -0.39 is 0 Å². The molecule has 0 N–H and O–H groups in total. The van der Waals surface area contributed by atoms with Gasteiger partial charge in [-0.3, -0.25) is 9.69 Å². The van der Waals surface area contributed by atoms with Gasteiger partial charge in [0.2, 0.25) is 0 Å². The molecule has 1 aliphatic rings. The lowest BCUT2D eigenvalue weighted by atomic mass is 10.1. The molecular formula is C15H21BrN2O. The molecule has 4 heteroatoms. The van der Waals surface area contributed by atoms with Gasteiger partial charge >= 0.3 is 0 Å². The van der Waals surface area contributed by atoms with Crippen LogP contribution in [0.15, 0.2) is 22.7 Å². The van der Waals surface area contributed by atoms with Crippen LogP contribution in [0.2, 0.25) is 0 Å². The van der Waals surface area contributed by atoms with Crippen LogP contribution < -0.4 is 4.90 Å². The molecule has 1 fully saturated rings. The third kappa shape index (κ3) is 3.37. The molecule has 1 saturated heterocycles. The van der Waals surface area contributed by atoms with E-state index in [0.29, 0.717) is 11.6 Å². The van der Waals surface area contributed by atoms with E-state index in [1.165, 1.54) is 12.1 Å². The summed E-state index contributed by atoms with van der Waals surface area (Å²) >= 11 is 3.57. The summed E-state index contributed by atoms with van der Waals surface area (Å²) in [6.45, 7) is 8.84. The second-order valence-corrected chi connectivity index (χ2v) is 5.96. The summed E-state index contributed by atoms with van der Waals surface area (Å²) in [4.78, 5) is 15.7. The summed E-state index contributed by atoms with van der Waals surface area (Å²) in [5.41, 5.74) is 1.91. The number of piperazine rings is 1. The molecule has 0 spiro atoms. The molecule has 3 nitrogen and oxygen atoms in total. The van der Waals surface area contributed by atoms with E-state index in [9.17, 15) is 4.79 Å². The highest BCUT2D eigenvalue weighted by molar-refractivity contribution is 9.10. The van der Waals surface area contributed by atoms with Crippen LogP contribution in [0.3, 0.4) is 0 Å². The SMILES string of the molecule is CCC(C)N1CCN(c2ccc(C=O)cc2Br)CC1. The van der Waals surface area contributed by atoms with E-state index in [-0.39, 0.29) is 0 Å². The molecule has 0 amide bonds. The average Bonchev–Trinajstić information content (AvgIpc) is 2.46. The molecule has 0 radical (unpaired) electrons. The fourth-order valence-electron chi connectivity index (χ4n) is 2.51. The van der Waals surface area contributed by atoms with Crippen LogP contribution in [-0.4, -0.2) is 43.4 Å². The van der Waals surface area contributed by atoms with Crippen molar-refractivity contribution in [2.45, 2.75) is 26.3 Å². The monoisotopic (exact) mass is 324 g/mol. The van der Waals surface area contributed by atoms with Crippen LogP contribution >= 0.6 is 15.9 Å². The average molecular weight is 325 g/mol. The molecule has 1 atom stereocenters. The molecular weight excluding hydrogens is 304 g/mol. The summed E-state index contributed by atoms with van der Waals surface area (Å²) < 4.78 is 1.01. The van der Waals surface area contributed by atoms with Crippen LogP contribution in [0.25, 0.3) is 0 Å². The van der Waals surface area contributed by atoms with Gasteiger partial charge in [-0.1, -0.05) is 6.92 Å². The quantitative estimate of drug-likeness (QED) is 0.795. The van der Waals surface area contributed by atoms with E-state index in [0.717, 1.165) is 36.9 Å². The summed E-state index contributed by atoms with van der Waals surface area (Å²) in [6, 6.07) is 6.48. The second kappa shape index (κ2) is 6.53. The van der Waals surface area contributed by atoms with Crippen LogP contribution in [0.1, 0.15) is 30.6 Å². The largest absolute Gasteiger partial charge is 0.368 e. The Hall–Kier alpha value is -0.870. The number of anilines is 1. The molecule has 1 aromatic carbocycles. The maximum Gasteiger partial charge on any atom is 0.150 e. The van der Waals surface area contributed by atoms with Gasteiger partial charge in [0.15, 0.2) is 0 Å². The number of aldehydes is 1. The Kier molecular flexibility index (Phi) is 4.99. The molecule has 1 aliphatic heterocycles. The number of halogens is 1. The van der Waals surface area contributed by atoms with E-state index in [1.807, 2.05) is 18.2 Å². The highest BCUT2D eigenvalue weighted by Crippen LogP contribution is 2.28. The van der Waals surface area contributed by atoms with Crippen molar-refractivity contribution in [2.75, 3.05) is 31.1 Å². The van der Waals surface area contributed by atoms with Crippen molar-refractivity contribution in [3.05, 3.63) is 28.2 Å². The van der Waals surface area contributed by atoms with Crippen LogP contribution in [0.4, 0.5) is 5.69 Å². The maximum absolute atomic E-state index is 10.8. The van der Waals surface area contributed by atoms with E-state index >= 15 is 0 Å². The Morgan fingerprint density at radius 1 is 1.32 bits per heavy atom. The minimum atomic E-state index is 0.669. The topological polar surface area (TPSA) is 23.6 Å². The van der Waals surface area contributed by atoms with Gasteiger partial charge < -0.3 is 4.90 Å². The zero-order valence-electron chi connectivity index (χ0n) is 11.6. The number of carbonyl (C=O) groups is 1. The Bertz CT molecular complexity index is 442. The first-order chi connectivity index (χ1) is 9.15. The minimum Gasteiger partial charge on any atom is -0.368 e. The molecule has 104 valence electrons. The summed E-state index contributed by atoms with van der Waals surface area (Å²) in [7, 11) is 0. The lowest BCUT2D eigenvalue weighted by molar-refractivity contribution is 0.112. The predicted octanol–water partition coefficient (Wildman–Crippen LogP) is 3.18. The predicted molar refractivity (Wildman–Crippen MR) is 83.1 cm³/mol. The summed E-state index contributed by atoms with van der Waals surface area (Å²) in [5.74, 6) is 0. The molecule has 1 unspecified atom stereocenters. The van der Waals surface area contributed by atoms with Crippen molar-refractivity contribution in [1.29, 1.82) is 0 Å². The van der Waals surface area contributed by atoms with Gasteiger partial charge in [-0.25, -0.2) is 0 Å². The van der Waals surface area contributed by atoms with E-state index in [1.54, 1.807) is 0 Å². The van der Waals surface area contributed by atoms with Crippen LogP contribution in [0.5, 0.6) is 0 Å². The highest BCUT2D eigenvalue weighted by Gasteiger charge is 2.21. The molecule has 1 heterocycles. The van der Waals surface area contributed by atoms with Gasteiger partial charge in [0.25, 0.3) is 0 Å². The fraction of sp³-hybridized carbons (Fsp3) is 0.533. The van der Waals surface area contributed by atoms with Crippen LogP contribution in [0, 0.1) is 0 Å². The number of hydrogen-bond acceptors (Lipinski definition) is 3. The molecule has 0 aromatic heterocycles. The second-order valence-electron chi connectivity index (χ2n) is 5.11. The van der Waals surface area contributed by atoms with Crippen molar-refractivity contribution in [1.82, 2.24) is 4.90 Å². The zero-order chi connectivity index (χ0) is 13.8. The van der Waals surface area contributed by atoms with Gasteiger partial charge in [0.1, 0.15) is 6.29 Å². The number of benzene rings is 1. The van der Waals surface area contributed by atoms with Gasteiger partial charge in [0, 0.05) is 42.3 Å². The Balaban J connectivity index is 2.03. The van der Waals surface area contributed by atoms with Crippen LogP contribution in [-0.2, 0) is 0 Å². The number of nitrogens with zero attached hydrogens (tertiary/aromatic N) is 2.